The summed E-state index contributed by atoms with van der Waals surface area (Å²) in [5.41, 5.74) is 5.59. The highest BCUT2D eigenvalue weighted by atomic mass is 35.5. The Labute approximate surface area is 187 Å². The number of pyridine rings is 1. The normalized spacial score (nSPS) is 11.2. The maximum Gasteiger partial charge on any atom is 0.331 e. The highest BCUT2D eigenvalue weighted by Gasteiger charge is 2.19. The molecule has 4 N–H and O–H groups in total. The van der Waals surface area contributed by atoms with Crippen LogP contribution in [0.15, 0.2) is 47.4 Å². The summed E-state index contributed by atoms with van der Waals surface area (Å²) >= 11 is 4.88. The number of hydrogen-bond donors (Lipinski definition) is 3. The number of aromatic nitrogens is 1. The van der Waals surface area contributed by atoms with E-state index in [1.54, 1.807) is 37.6 Å². The van der Waals surface area contributed by atoms with Crippen molar-refractivity contribution in [3.8, 4) is 22.6 Å². The van der Waals surface area contributed by atoms with E-state index in [2.05, 4.69) is 10.7 Å². The fraction of sp³-hybridized carbons (Fsp3) is 0.227. The maximum absolute atomic E-state index is 14.3. The number of methoxy groups -OCH3 is 1. The molecule has 0 bridgehead atoms. The van der Waals surface area contributed by atoms with E-state index in [9.17, 15) is 18.8 Å². The lowest BCUT2D eigenvalue weighted by molar-refractivity contribution is -0.139. The van der Waals surface area contributed by atoms with Crippen molar-refractivity contribution in [3.05, 3.63) is 58.6 Å². The zero-order valence-corrected chi connectivity index (χ0v) is 18.1. The first kappa shape index (κ1) is 24.7. The third-order valence-electron chi connectivity index (χ3n) is 4.28. The molecule has 0 aliphatic rings. The number of benzene rings is 2. The molecule has 3 aromatic rings. The quantitative estimate of drug-likeness (QED) is 0.363. The van der Waals surface area contributed by atoms with Crippen molar-refractivity contribution >= 4 is 34.4 Å². The van der Waals surface area contributed by atoms with Crippen LogP contribution in [0.1, 0.15) is 13.3 Å². The summed E-state index contributed by atoms with van der Waals surface area (Å²) in [6, 6.07) is 9.86. The molecule has 1 heterocycles. The number of carbonyl (C=O) groups is 2. The van der Waals surface area contributed by atoms with Crippen molar-refractivity contribution in [2.24, 2.45) is 5.73 Å². The predicted octanol–water partition coefficient (Wildman–Crippen LogP) is 3.30. The van der Waals surface area contributed by atoms with E-state index in [-0.39, 0.29) is 10.8 Å². The molecule has 1 amide bonds. The number of amides is 1. The third-order valence-corrected chi connectivity index (χ3v) is 4.68. The average Bonchev–Trinajstić information content (AvgIpc) is 2.78. The smallest absolute Gasteiger partial charge is 0.331 e. The third kappa shape index (κ3) is 5.76. The number of fused-ring (bicyclic) bond motifs is 1. The van der Waals surface area contributed by atoms with Crippen LogP contribution >= 0.6 is 11.6 Å². The van der Waals surface area contributed by atoms with E-state index in [4.69, 9.17) is 26.2 Å². The first-order valence-electron chi connectivity index (χ1n) is 9.48. The predicted molar refractivity (Wildman–Crippen MR) is 119 cm³/mol. The summed E-state index contributed by atoms with van der Waals surface area (Å²) in [6.45, 7) is 2.49. The number of aromatic amines is 1. The van der Waals surface area contributed by atoms with Gasteiger partial charge in [-0.05, 0) is 36.2 Å². The number of carboxylic acids is 1. The van der Waals surface area contributed by atoms with Gasteiger partial charge in [0.2, 0.25) is 11.3 Å². The molecular formula is C22H22ClFN2O6. The van der Waals surface area contributed by atoms with Crippen LogP contribution in [0.2, 0.25) is 0 Å². The molecule has 1 aromatic heterocycles. The monoisotopic (exact) mass is 464 g/mol. The zero-order valence-electron chi connectivity index (χ0n) is 17.4. The van der Waals surface area contributed by atoms with Gasteiger partial charge in [-0.25, -0.2) is 4.39 Å². The summed E-state index contributed by atoms with van der Waals surface area (Å²) in [5.74, 6) is -1.85. The topological polar surface area (TPSA) is 132 Å². The standard InChI is InChI=1S/C19H18FNO3.C3H4ClNO3/c1-3-10-24-16-9-8-15(20)17-18(16)21-11-14(19(17)22)12-4-6-13(23-2)7-5-12;4-1(2(5)6)3(7)8/h4-9,11H,3,10H2,1-2H3,(H,21,22);1H,(H2,5,6)(H,7,8). The number of primary amides is 1. The lowest BCUT2D eigenvalue weighted by Crippen LogP contribution is -2.30. The van der Waals surface area contributed by atoms with Crippen LogP contribution in [0.5, 0.6) is 11.5 Å². The highest BCUT2D eigenvalue weighted by Crippen LogP contribution is 2.27. The van der Waals surface area contributed by atoms with Gasteiger partial charge in [-0.3, -0.25) is 14.4 Å². The second-order valence-electron chi connectivity index (χ2n) is 6.51. The Kier molecular flexibility index (Phi) is 8.60. The van der Waals surface area contributed by atoms with Crippen LogP contribution in [-0.4, -0.2) is 41.1 Å². The van der Waals surface area contributed by atoms with Gasteiger partial charge < -0.3 is 25.3 Å². The van der Waals surface area contributed by atoms with Gasteiger partial charge in [0, 0.05) is 11.8 Å². The summed E-state index contributed by atoms with van der Waals surface area (Å²) in [5, 5.41) is 6.33. The Hall–Kier alpha value is -3.59. The Bertz CT molecular complexity index is 1150. The Balaban J connectivity index is 0.000000390. The minimum absolute atomic E-state index is 0.0110. The van der Waals surface area contributed by atoms with E-state index in [0.29, 0.717) is 34.7 Å². The summed E-state index contributed by atoms with van der Waals surface area (Å²) in [6.07, 6.45) is 2.41. The average molecular weight is 465 g/mol. The molecule has 0 aliphatic carbocycles. The molecule has 1 unspecified atom stereocenters. The summed E-state index contributed by atoms with van der Waals surface area (Å²) < 4.78 is 25.0. The number of carboxylic acid groups (broad SMARTS) is 1. The largest absolute Gasteiger partial charge is 0.497 e. The maximum atomic E-state index is 14.3. The molecule has 0 saturated heterocycles. The highest BCUT2D eigenvalue weighted by molar-refractivity contribution is 6.40. The number of ether oxygens (including phenoxy) is 2. The van der Waals surface area contributed by atoms with Crippen molar-refractivity contribution < 1.29 is 28.6 Å². The number of aliphatic carboxylic acids is 1. The van der Waals surface area contributed by atoms with Gasteiger partial charge in [-0.15, -0.1) is 0 Å². The number of alkyl halides is 1. The fourth-order valence-electron chi connectivity index (χ4n) is 2.71. The molecule has 10 heteroatoms. The van der Waals surface area contributed by atoms with Gasteiger partial charge in [0.1, 0.15) is 17.3 Å². The molecule has 32 heavy (non-hydrogen) atoms. The Morgan fingerprint density at radius 1 is 1.22 bits per heavy atom. The molecule has 0 fully saturated rings. The van der Waals surface area contributed by atoms with Crippen molar-refractivity contribution in [2.75, 3.05) is 13.7 Å². The van der Waals surface area contributed by atoms with E-state index in [1.165, 1.54) is 12.1 Å². The van der Waals surface area contributed by atoms with Crippen molar-refractivity contribution in [2.45, 2.75) is 18.7 Å². The lowest BCUT2D eigenvalue weighted by atomic mass is 10.0. The molecule has 8 nitrogen and oxygen atoms in total. The van der Waals surface area contributed by atoms with E-state index in [0.717, 1.165) is 6.42 Å². The van der Waals surface area contributed by atoms with Gasteiger partial charge in [-0.2, -0.15) is 0 Å². The second kappa shape index (κ2) is 11.1. The van der Waals surface area contributed by atoms with Gasteiger partial charge in [0.25, 0.3) is 0 Å². The first-order chi connectivity index (χ1) is 15.2. The van der Waals surface area contributed by atoms with Gasteiger partial charge >= 0.3 is 5.97 Å². The van der Waals surface area contributed by atoms with Gasteiger partial charge in [0.15, 0.2) is 5.43 Å². The molecule has 3 rings (SSSR count). The molecule has 0 aliphatic heterocycles. The molecule has 0 saturated carbocycles. The zero-order chi connectivity index (χ0) is 23.8. The lowest BCUT2D eigenvalue weighted by Gasteiger charge is -2.10. The van der Waals surface area contributed by atoms with Crippen LogP contribution in [0.4, 0.5) is 4.39 Å². The molecule has 170 valence electrons. The second-order valence-corrected chi connectivity index (χ2v) is 6.94. The Morgan fingerprint density at radius 3 is 2.38 bits per heavy atom. The first-order valence-corrected chi connectivity index (χ1v) is 9.92. The minimum Gasteiger partial charge on any atom is -0.497 e. The molecule has 0 spiro atoms. The number of hydrogen-bond acceptors (Lipinski definition) is 5. The number of H-pyrrole nitrogens is 1. The number of carbonyl (C=O) groups excluding carboxylic acids is 1. The Morgan fingerprint density at radius 2 is 1.88 bits per heavy atom. The van der Waals surface area contributed by atoms with Crippen molar-refractivity contribution in [1.29, 1.82) is 0 Å². The number of nitrogens with two attached hydrogens (primary N) is 1. The van der Waals surface area contributed by atoms with E-state index in [1.807, 2.05) is 6.92 Å². The van der Waals surface area contributed by atoms with Crippen LogP contribution in [0.3, 0.4) is 0 Å². The van der Waals surface area contributed by atoms with Gasteiger partial charge in [-0.1, -0.05) is 30.7 Å². The van der Waals surface area contributed by atoms with Gasteiger partial charge in [0.05, 0.1) is 24.6 Å². The molecule has 0 radical (unpaired) electrons. The van der Waals surface area contributed by atoms with Crippen LogP contribution < -0.4 is 20.6 Å². The van der Waals surface area contributed by atoms with Crippen LogP contribution in [0, 0.1) is 5.82 Å². The van der Waals surface area contributed by atoms with Crippen LogP contribution in [0.25, 0.3) is 22.0 Å². The minimum atomic E-state index is -1.60. The molecule has 1 atom stereocenters. The SMILES string of the molecule is CCCOc1ccc(F)c2c(=O)c(-c3ccc(OC)cc3)c[nH]c12.NC(=O)C(Cl)C(=O)O. The van der Waals surface area contributed by atoms with Crippen molar-refractivity contribution in [3.63, 3.8) is 0 Å². The number of nitrogens with one attached hydrogen (secondary N) is 1. The molecule has 2 aromatic carbocycles. The van der Waals surface area contributed by atoms with E-state index >= 15 is 0 Å². The van der Waals surface area contributed by atoms with E-state index < -0.39 is 23.1 Å². The summed E-state index contributed by atoms with van der Waals surface area (Å²) in [7, 11) is 1.57. The number of rotatable bonds is 7. The van der Waals surface area contributed by atoms with Crippen LogP contribution in [-0.2, 0) is 9.59 Å². The molecular weight excluding hydrogens is 443 g/mol. The van der Waals surface area contributed by atoms with Crippen molar-refractivity contribution in [1.82, 2.24) is 4.98 Å². The summed E-state index contributed by atoms with van der Waals surface area (Å²) in [4.78, 5) is 35.4. The number of halogens is 2. The fourth-order valence-corrected chi connectivity index (χ4v) is 2.71.